The lowest BCUT2D eigenvalue weighted by atomic mass is 10.2. The van der Waals surface area contributed by atoms with Crippen molar-refractivity contribution >= 4 is 21.6 Å². The van der Waals surface area contributed by atoms with Crippen LogP contribution in [0.1, 0.15) is 18.2 Å². The molecule has 0 N–H and O–H groups in total. The van der Waals surface area contributed by atoms with Gasteiger partial charge in [0.15, 0.2) is 5.65 Å². The summed E-state index contributed by atoms with van der Waals surface area (Å²) in [5.41, 5.74) is 3.35. The van der Waals surface area contributed by atoms with Gasteiger partial charge < -0.3 is 0 Å². The summed E-state index contributed by atoms with van der Waals surface area (Å²) in [5, 5.41) is 4.20. The van der Waals surface area contributed by atoms with Crippen molar-refractivity contribution in [3.05, 3.63) is 29.7 Å². The maximum Gasteiger partial charge on any atom is 0.155 e. The lowest BCUT2D eigenvalue weighted by Gasteiger charge is -2.06. The molecular weight excluding hydrogens is 242 g/mol. The summed E-state index contributed by atoms with van der Waals surface area (Å²) < 4.78 is 1.89. The van der Waals surface area contributed by atoms with Gasteiger partial charge in [-0.05, 0) is 24.6 Å². The van der Waals surface area contributed by atoms with E-state index in [0.29, 0.717) is 4.83 Å². The van der Waals surface area contributed by atoms with Gasteiger partial charge in [0.1, 0.15) is 6.33 Å². The summed E-state index contributed by atoms with van der Waals surface area (Å²) in [7, 11) is 0. The van der Waals surface area contributed by atoms with Gasteiger partial charge in [0.2, 0.25) is 0 Å². The number of hydrogen-bond acceptors (Lipinski definition) is 2. The van der Waals surface area contributed by atoms with Gasteiger partial charge >= 0.3 is 0 Å². The van der Waals surface area contributed by atoms with Crippen LogP contribution < -0.4 is 0 Å². The maximum absolute atomic E-state index is 4.20. The van der Waals surface area contributed by atoms with E-state index in [0.717, 1.165) is 12.1 Å². The van der Waals surface area contributed by atoms with Crippen molar-refractivity contribution in [2.24, 2.45) is 0 Å². The first-order valence-electron chi connectivity index (χ1n) is 4.60. The van der Waals surface area contributed by atoms with Crippen LogP contribution in [0.3, 0.4) is 0 Å². The number of halogens is 1. The molecule has 2 rings (SSSR count). The molecule has 14 heavy (non-hydrogen) atoms. The molecule has 1 atom stereocenters. The number of pyridine rings is 1. The summed E-state index contributed by atoms with van der Waals surface area (Å²) >= 11 is 3.55. The molecule has 0 saturated carbocycles. The summed E-state index contributed by atoms with van der Waals surface area (Å²) in [5.74, 6) is 0. The minimum atomic E-state index is 0.455. The molecule has 2 aromatic rings. The molecule has 0 fully saturated rings. The third kappa shape index (κ3) is 1.80. The molecule has 0 aromatic carbocycles. The summed E-state index contributed by atoms with van der Waals surface area (Å²) in [6.45, 7) is 4.21. The Morgan fingerprint density at radius 1 is 1.50 bits per heavy atom. The van der Waals surface area contributed by atoms with Gasteiger partial charge in [-0.15, -0.1) is 0 Å². The minimum Gasteiger partial charge on any atom is -0.218 e. The molecule has 4 heteroatoms. The van der Waals surface area contributed by atoms with E-state index < -0.39 is 0 Å². The van der Waals surface area contributed by atoms with E-state index in [1.54, 1.807) is 6.33 Å². The van der Waals surface area contributed by atoms with Crippen molar-refractivity contribution in [1.29, 1.82) is 0 Å². The standard InChI is InChI=1S/C10H12BrN3/c1-7-3-9(5-8(2)11)14-10(4-7)12-6-13-14/h3-4,6,8H,5H2,1-2H3. The van der Waals surface area contributed by atoms with Gasteiger partial charge in [-0.2, -0.15) is 5.10 Å². The van der Waals surface area contributed by atoms with Crippen molar-refractivity contribution in [3.8, 4) is 0 Å². The first-order valence-corrected chi connectivity index (χ1v) is 5.51. The average molecular weight is 254 g/mol. The highest BCUT2D eigenvalue weighted by Gasteiger charge is 2.06. The van der Waals surface area contributed by atoms with Crippen LogP contribution in [0.2, 0.25) is 0 Å². The molecule has 3 nitrogen and oxygen atoms in total. The van der Waals surface area contributed by atoms with Gasteiger partial charge in [0, 0.05) is 16.9 Å². The Hall–Kier alpha value is -0.900. The van der Waals surface area contributed by atoms with E-state index in [9.17, 15) is 0 Å². The Kier molecular flexibility index (Phi) is 2.54. The monoisotopic (exact) mass is 253 g/mol. The van der Waals surface area contributed by atoms with E-state index in [1.165, 1.54) is 11.3 Å². The second-order valence-electron chi connectivity index (χ2n) is 3.54. The zero-order valence-electron chi connectivity index (χ0n) is 8.24. The Labute approximate surface area is 91.3 Å². The molecule has 0 aliphatic rings. The van der Waals surface area contributed by atoms with Crippen molar-refractivity contribution in [3.63, 3.8) is 0 Å². The number of rotatable bonds is 2. The Balaban J connectivity index is 2.55. The van der Waals surface area contributed by atoms with Crippen molar-refractivity contribution < 1.29 is 0 Å². The molecule has 0 amide bonds. The van der Waals surface area contributed by atoms with E-state index in [1.807, 2.05) is 10.6 Å². The van der Waals surface area contributed by atoms with Crippen molar-refractivity contribution in [1.82, 2.24) is 14.6 Å². The second kappa shape index (κ2) is 3.69. The fraction of sp³-hybridized carbons (Fsp3) is 0.400. The van der Waals surface area contributed by atoms with Crippen LogP contribution in [0, 0.1) is 6.92 Å². The number of alkyl halides is 1. The van der Waals surface area contributed by atoms with Crippen molar-refractivity contribution in [2.45, 2.75) is 25.1 Å². The Morgan fingerprint density at radius 3 is 3.00 bits per heavy atom. The molecule has 0 saturated heterocycles. The predicted octanol–water partition coefficient (Wildman–Crippen LogP) is 2.36. The predicted molar refractivity (Wildman–Crippen MR) is 59.8 cm³/mol. The molecule has 74 valence electrons. The van der Waals surface area contributed by atoms with Crippen LogP contribution in [0.5, 0.6) is 0 Å². The van der Waals surface area contributed by atoms with Gasteiger partial charge in [-0.25, -0.2) is 9.50 Å². The Bertz CT molecular complexity index is 448. The quantitative estimate of drug-likeness (QED) is 0.770. The lowest BCUT2D eigenvalue weighted by molar-refractivity contribution is 0.820. The molecular formula is C10H12BrN3. The first kappa shape index (κ1) is 9.65. The van der Waals surface area contributed by atoms with Gasteiger partial charge in [-0.1, -0.05) is 22.9 Å². The summed E-state index contributed by atoms with van der Waals surface area (Å²) in [6.07, 6.45) is 2.55. The third-order valence-electron chi connectivity index (χ3n) is 2.09. The number of fused-ring (bicyclic) bond motifs is 1. The van der Waals surface area contributed by atoms with E-state index in [4.69, 9.17) is 0 Å². The van der Waals surface area contributed by atoms with Gasteiger partial charge in [-0.3, -0.25) is 0 Å². The second-order valence-corrected chi connectivity index (χ2v) is 5.10. The zero-order valence-corrected chi connectivity index (χ0v) is 9.82. The average Bonchev–Trinajstić information content (AvgIpc) is 2.50. The summed E-state index contributed by atoms with van der Waals surface area (Å²) in [4.78, 5) is 4.64. The number of hydrogen-bond donors (Lipinski definition) is 0. The molecule has 0 bridgehead atoms. The van der Waals surface area contributed by atoms with Gasteiger partial charge in [0.25, 0.3) is 0 Å². The molecule has 1 unspecified atom stereocenters. The molecule has 0 radical (unpaired) electrons. The molecule has 0 aliphatic heterocycles. The normalized spacial score (nSPS) is 13.4. The van der Waals surface area contributed by atoms with Gasteiger partial charge in [0.05, 0.1) is 0 Å². The van der Waals surface area contributed by atoms with E-state index in [2.05, 4.69) is 45.9 Å². The Morgan fingerprint density at radius 2 is 2.29 bits per heavy atom. The molecule has 0 spiro atoms. The molecule has 0 aliphatic carbocycles. The highest BCUT2D eigenvalue weighted by atomic mass is 79.9. The smallest absolute Gasteiger partial charge is 0.155 e. The van der Waals surface area contributed by atoms with Crippen LogP contribution in [0.15, 0.2) is 18.5 Å². The number of aromatic nitrogens is 3. The summed E-state index contributed by atoms with van der Waals surface area (Å²) in [6, 6.07) is 4.19. The zero-order chi connectivity index (χ0) is 10.1. The SMILES string of the molecule is Cc1cc(CC(C)Br)n2ncnc2c1. The lowest BCUT2D eigenvalue weighted by Crippen LogP contribution is -2.05. The fourth-order valence-corrected chi connectivity index (χ4v) is 1.90. The highest BCUT2D eigenvalue weighted by molar-refractivity contribution is 9.09. The largest absolute Gasteiger partial charge is 0.218 e. The first-order chi connectivity index (χ1) is 6.66. The topological polar surface area (TPSA) is 30.2 Å². The van der Waals surface area contributed by atoms with Crippen LogP contribution in [0.25, 0.3) is 5.65 Å². The fourth-order valence-electron chi connectivity index (χ4n) is 1.57. The van der Waals surface area contributed by atoms with Crippen LogP contribution in [-0.4, -0.2) is 19.4 Å². The van der Waals surface area contributed by atoms with E-state index in [-0.39, 0.29) is 0 Å². The minimum absolute atomic E-state index is 0.455. The van der Waals surface area contributed by atoms with Crippen molar-refractivity contribution in [2.75, 3.05) is 0 Å². The van der Waals surface area contributed by atoms with Crippen LogP contribution >= 0.6 is 15.9 Å². The maximum atomic E-state index is 4.20. The molecule has 2 aromatic heterocycles. The number of nitrogens with zero attached hydrogens (tertiary/aromatic N) is 3. The van der Waals surface area contributed by atoms with E-state index >= 15 is 0 Å². The van der Waals surface area contributed by atoms with Crippen LogP contribution in [-0.2, 0) is 6.42 Å². The highest BCUT2D eigenvalue weighted by Crippen LogP contribution is 2.13. The molecule has 2 heterocycles. The third-order valence-corrected chi connectivity index (χ3v) is 2.41. The van der Waals surface area contributed by atoms with Crippen LogP contribution in [0.4, 0.5) is 0 Å². The number of aryl methyl sites for hydroxylation is 1.